The van der Waals surface area contributed by atoms with Crippen LogP contribution in [0, 0.1) is 0 Å². The van der Waals surface area contributed by atoms with Crippen molar-refractivity contribution in [3.05, 3.63) is 52.6 Å². The van der Waals surface area contributed by atoms with E-state index in [1.807, 2.05) is 24.3 Å². The van der Waals surface area contributed by atoms with Crippen LogP contribution in [0.5, 0.6) is 17.2 Å². The van der Waals surface area contributed by atoms with Crippen LogP contribution in [0.15, 0.2) is 30.3 Å². The highest BCUT2D eigenvalue weighted by molar-refractivity contribution is 5.80. The number of methoxy groups -OCH3 is 1. The predicted molar refractivity (Wildman–Crippen MR) is 98.3 cm³/mol. The van der Waals surface area contributed by atoms with Gasteiger partial charge in [0.25, 0.3) is 0 Å². The van der Waals surface area contributed by atoms with Gasteiger partial charge < -0.3 is 19.5 Å². The Morgan fingerprint density at radius 2 is 2.04 bits per heavy atom. The number of hydrogen-bond donors (Lipinski definition) is 1. The van der Waals surface area contributed by atoms with Crippen molar-refractivity contribution in [3.63, 3.8) is 0 Å². The molecule has 0 atom stereocenters. The first-order valence-corrected chi connectivity index (χ1v) is 9.08. The van der Waals surface area contributed by atoms with E-state index in [0.29, 0.717) is 26.2 Å². The number of amides is 1. The fourth-order valence-corrected chi connectivity index (χ4v) is 3.74. The normalized spacial score (nSPS) is 14.2. The van der Waals surface area contributed by atoms with Crippen molar-refractivity contribution in [1.82, 2.24) is 5.32 Å². The Labute approximate surface area is 153 Å². The molecule has 0 radical (unpaired) electrons. The Kier molecular flexibility index (Phi) is 4.69. The number of carbonyl (C=O) groups excluding carboxylic acids is 1. The average molecular weight is 353 g/mol. The van der Waals surface area contributed by atoms with E-state index in [9.17, 15) is 4.79 Å². The third kappa shape index (κ3) is 3.21. The number of para-hydroxylation sites is 1. The Bertz CT molecular complexity index is 799. The van der Waals surface area contributed by atoms with Crippen molar-refractivity contribution in [2.45, 2.75) is 25.7 Å². The minimum absolute atomic E-state index is 0.0119. The van der Waals surface area contributed by atoms with Crippen molar-refractivity contribution in [2.75, 3.05) is 26.9 Å². The van der Waals surface area contributed by atoms with Crippen molar-refractivity contribution >= 4 is 5.91 Å². The Morgan fingerprint density at radius 3 is 2.92 bits per heavy atom. The molecule has 2 aliphatic rings. The molecule has 0 saturated carbocycles. The fraction of sp³-hybridized carbons (Fsp3) is 0.381. The smallest absolute Gasteiger partial charge is 0.224 e. The van der Waals surface area contributed by atoms with Crippen molar-refractivity contribution in [3.8, 4) is 17.2 Å². The second-order valence-corrected chi connectivity index (χ2v) is 6.61. The summed E-state index contributed by atoms with van der Waals surface area (Å²) >= 11 is 0. The highest BCUT2D eigenvalue weighted by atomic mass is 16.5. The van der Waals surface area contributed by atoms with Gasteiger partial charge in [-0.05, 0) is 24.1 Å². The van der Waals surface area contributed by atoms with E-state index in [4.69, 9.17) is 14.2 Å². The summed E-state index contributed by atoms with van der Waals surface area (Å²) in [4.78, 5) is 12.5. The summed E-state index contributed by atoms with van der Waals surface area (Å²) in [6, 6.07) is 9.96. The van der Waals surface area contributed by atoms with E-state index in [-0.39, 0.29) is 5.91 Å². The lowest BCUT2D eigenvalue weighted by molar-refractivity contribution is -0.120. The van der Waals surface area contributed by atoms with Crippen molar-refractivity contribution in [2.24, 2.45) is 0 Å². The minimum Gasteiger partial charge on any atom is -0.496 e. The average Bonchev–Trinajstić information content (AvgIpc) is 3.31. The molecular weight excluding hydrogens is 330 g/mol. The van der Waals surface area contributed by atoms with Gasteiger partial charge in [-0.15, -0.1) is 0 Å². The third-order valence-electron chi connectivity index (χ3n) is 5.01. The van der Waals surface area contributed by atoms with Crippen LogP contribution in [0.25, 0.3) is 0 Å². The molecule has 0 saturated heterocycles. The van der Waals surface area contributed by atoms with E-state index in [1.54, 1.807) is 7.11 Å². The van der Waals surface area contributed by atoms with Gasteiger partial charge in [0, 0.05) is 36.1 Å². The van der Waals surface area contributed by atoms with Gasteiger partial charge in [0.2, 0.25) is 5.91 Å². The first-order valence-electron chi connectivity index (χ1n) is 9.08. The van der Waals surface area contributed by atoms with E-state index < -0.39 is 0 Å². The molecule has 2 aromatic carbocycles. The zero-order valence-electron chi connectivity index (χ0n) is 15.0. The third-order valence-corrected chi connectivity index (χ3v) is 5.01. The van der Waals surface area contributed by atoms with Gasteiger partial charge in [0.15, 0.2) is 0 Å². The Balaban J connectivity index is 1.42. The molecule has 0 spiro atoms. The molecule has 4 rings (SSSR count). The molecule has 1 N–H and O–H groups in total. The van der Waals surface area contributed by atoms with Gasteiger partial charge in [-0.3, -0.25) is 4.79 Å². The number of hydrogen-bond acceptors (Lipinski definition) is 4. The zero-order valence-corrected chi connectivity index (χ0v) is 15.0. The van der Waals surface area contributed by atoms with E-state index in [1.165, 1.54) is 0 Å². The Hall–Kier alpha value is -2.69. The van der Waals surface area contributed by atoms with Gasteiger partial charge in [-0.25, -0.2) is 0 Å². The number of nitrogens with one attached hydrogen (secondary N) is 1. The summed E-state index contributed by atoms with van der Waals surface area (Å²) in [7, 11) is 1.66. The van der Waals surface area contributed by atoms with Crippen LogP contribution in [0.2, 0.25) is 0 Å². The first kappa shape index (κ1) is 16.8. The van der Waals surface area contributed by atoms with Crippen LogP contribution < -0.4 is 19.5 Å². The topological polar surface area (TPSA) is 56.8 Å². The monoisotopic (exact) mass is 353 g/mol. The molecule has 0 aliphatic carbocycles. The summed E-state index contributed by atoms with van der Waals surface area (Å²) < 4.78 is 16.9. The molecule has 0 aromatic heterocycles. The molecule has 5 heteroatoms. The molecule has 2 heterocycles. The van der Waals surface area contributed by atoms with E-state index in [0.717, 1.165) is 58.8 Å². The highest BCUT2D eigenvalue weighted by Crippen LogP contribution is 2.40. The highest BCUT2D eigenvalue weighted by Gasteiger charge is 2.27. The van der Waals surface area contributed by atoms with Crippen LogP contribution in [0.4, 0.5) is 0 Å². The first-order chi connectivity index (χ1) is 12.8. The van der Waals surface area contributed by atoms with Crippen LogP contribution in [-0.4, -0.2) is 32.8 Å². The number of rotatable bonds is 6. The fourth-order valence-electron chi connectivity index (χ4n) is 3.74. The van der Waals surface area contributed by atoms with Crippen LogP contribution >= 0.6 is 0 Å². The summed E-state index contributed by atoms with van der Waals surface area (Å²) in [5, 5.41) is 3.02. The van der Waals surface area contributed by atoms with Crippen LogP contribution in [0.1, 0.15) is 22.3 Å². The van der Waals surface area contributed by atoms with Gasteiger partial charge >= 0.3 is 0 Å². The summed E-state index contributed by atoms with van der Waals surface area (Å²) in [6.07, 6.45) is 2.80. The maximum Gasteiger partial charge on any atom is 0.224 e. The summed E-state index contributed by atoms with van der Waals surface area (Å²) in [6.45, 7) is 1.94. The van der Waals surface area contributed by atoms with Gasteiger partial charge in [-0.1, -0.05) is 18.2 Å². The number of benzene rings is 2. The molecule has 2 aromatic rings. The molecule has 136 valence electrons. The van der Waals surface area contributed by atoms with Crippen LogP contribution in [0.3, 0.4) is 0 Å². The van der Waals surface area contributed by atoms with Crippen molar-refractivity contribution in [1.29, 1.82) is 0 Å². The quantitative estimate of drug-likeness (QED) is 0.867. The van der Waals surface area contributed by atoms with Crippen LogP contribution in [-0.2, 0) is 30.5 Å². The standard InChI is InChI=1S/C21H23NO4/c1-24-18-5-3-2-4-14(18)6-9-22-20(23)13-17-16-8-11-25-19(16)12-15-7-10-26-21(15)17/h2-5,12H,6-11,13H2,1H3,(H,22,23). The van der Waals surface area contributed by atoms with Gasteiger partial charge in [-0.2, -0.15) is 0 Å². The molecule has 0 fully saturated rings. The van der Waals surface area contributed by atoms with E-state index >= 15 is 0 Å². The van der Waals surface area contributed by atoms with Crippen molar-refractivity contribution < 1.29 is 19.0 Å². The molecule has 26 heavy (non-hydrogen) atoms. The van der Waals surface area contributed by atoms with Gasteiger partial charge in [0.1, 0.15) is 17.2 Å². The molecule has 1 amide bonds. The second-order valence-electron chi connectivity index (χ2n) is 6.61. The lowest BCUT2D eigenvalue weighted by Gasteiger charge is -2.13. The number of ether oxygens (including phenoxy) is 3. The minimum atomic E-state index is 0.0119. The largest absolute Gasteiger partial charge is 0.496 e. The predicted octanol–water partition coefficient (Wildman–Crippen LogP) is 2.47. The molecule has 2 aliphatic heterocycles. The summed E-state index contributed by atoms with van der Waals surface area (Å²) in [5.74, 6) is 2.68. The number of carbonyl (C=O) groups is 1. The molecule has 5 nitrogen and oxygen atoms in total. The second kappa shape index (κ2) is 7.28. The maximum absolute atomic E-state index is 12.5. The molecule has 0 unspecified atom stereocenters. The summed E-state index contributed by atoms with van der Waals surface area (Å²) in [5.41, 5.74) is 4.38. The van der Waals surface area contributed by atoms with Gasteiger partial charge in [0.05, 0.1) is 26.7 Å². The zero-order chi connectivity index (χ0) is 17.9. The molecule has 0 bridgehead atoms. The maximum atomic E-state index is 12.5. The lowest BCUT2D eigenvalue weighted by Crippen LogP contribution is -2.27. The Morgan fingerprint density at radius 1 is 1.19 bits per heavy atom. The van der Waals surface area contributed by atoms with E-state index in [2.05, 4.69) is 11.4 Å². The number of fused-ring (bicyclic) bond motifs is 2. The lowest BCUT2D eigenvalue weighted by atomic mass is 9.97. The SMILES string of the molecule is COc1ccccc1CCNC(=O)Cc1c2c(cc3c1OCC3)OCC2. The molecular formula is C21H23NO4.